The molecule has 0 aliphatic carbocycles. The zero-order valence-electron chi connectivity index (χ0n) is 12.4. The molecule has 0 saturated heterocycles. The standard InChI is InChI=1S/C16H15N4O2/c1-11-15(12(2)22-18-11)13-10-19(8-5-7-17)14-6-3-4-9-20(14)16(13)21/h3-4,6,9-10H,5,8H2,1-2H3/q+1. The molecule has 0 N–H and O–H groups in total. The molecule has 0 amide bonds. The van der Waals surface area contributed by atoms with Crippen molar-refractivity contribution in [1.29, 1.82) is 5.26 Å². The lowest BCUT2D eigenvalue weighted by Gasteiger charge is -2.05. The van der Waals surface area contributed by atoms with Gasteiger partial charge in [-0.05, 0) is 19.9 Å². The molecule has 3 rings (SSSR count). The summed E-state index contributed by atoms with van der Waals surface area (Å²) in [4.78, 5) is 12.8. The van der Waals surface area contributed by atoms with Crippen LogP contribution < -0.4 is 10.1 Å². The van der Waals surface area contributed by atoms with E-state index >= 15 is 0 Å². The zero-order chi connectivity index (χ0) is 15.7. The van der Waals surface area contributed by atoms with Crippen LogP contribution in [0.2, 0.25) is 0 Å². The molecule has 0 aromatic carbocycles. The topological polar surface area (TPSA) is 75.2 Å². The van der Waals surface area contributed by atoms with E-state index in [9.17, 15) is 4.79 Å². The van der Waals surface area contributed by atoms with E-state index in [0.717, 1.165) is 5.65 Å². The molecule has 3 aromatic heterocycles. The number of hydrogen-bond acceptors (Lipinski definition) is 4. The number of aromatic nitrogens is 3. The van der Waals surface area contributed by atoms with Crippen molar-refractivity contribution < 1.29 is 9.09 Å². The Morgan fingerprint density at radius 3 is 2.91 bits per heavy atom. The predicted octanol–water partition coefficient (Wildman–Crippen LogP) is 1.77. The largest absolute Gasteiger partial charge is 0.361 e. The summed E-state index contributed by atoms with van der Waals surface area (Å²) >= 11 is 0. The van der Waals surface area contributed by atoms with Gasteiger partial charge in [0.2, 0.25) is 0 Å². The number of pyridine rings is 1. The minimum atomic E-state index is -0.127. The van der Waals surface area contributed by atoms with Gasteiger partial charge in [-0.25, -0.2) is 9.36 Å². The van der Waals surface area contributed by atoms with Gasteiger partial charge in [0, 0.05) is 6.07 Å². The van der Waals surface area contributed by atoms with Gasteiger partial charge in [-0.3, -0.25) is 0 Å². The third-order valence-corrected chi connectivity index (χ3v) is 3.63. The third kappa shape index (κ3) is 2.17. The maximum atomic E-state index is 12.8. The van der Waals surface area contributed by atoms with E-state index in [1.54, 1.807) is 29.8 Å². The highest BCUT2D eigenvalue weighted by atomic mass is 16.5. The third-order valence-electron chi connectivity index (χ3n) is 3.63. The molecule has 0 spiro atoms. The van der Waals surface area contributed by atoms with E-state index in [1.165, 1.54) is 0 Å². The van der Waals surface area contributed by atoms with Gasteiger partial charge < -0.3 is 4.52 Å². The first-order chi connectivity index (χ1) is 10.6. The van der Waals surface area contributed by atoms with Crippen LogP contribution in [0.15, 0.2) is 39.9 Å². The highest BCUT2D eigenvalue weighted by molar-refractivity contribution is 5.65. The first kappa shape index (κ1) is 14.0. The van der Waals surface area contributed by atoms with Crippen LogP contribution in [0.4, 0.5) is 0 Å². The van der Waals surface area contributed by atoms with Gasteiger partial charge in [0.05, 0.1) is 29.9 Å². The van der Waals surface area contributed by atoms with E-state index in [-0.39, 0.29) is 5.56 Å². The van der Waals surface area contributed by atoms with Crippen LogP contribution in [0.3, 0.4) is 0 Å². The van der Waals surface area contributed by atoms with E-state index in [1.807, 2.05) is 23.6 Å². The average molecular weight is 295 g/mol. The molecule has 0 aliphatic heterocycles. The van der Waals surface area contributed by atoms with Gasteiger partial charge in [0.15, 0.2) is 0 Å². The summed E-state index contributed by atoms with van der Waals surface area (Å²) in [5.74, 6) is 0.609. The van der Waals surface area contributed by atoms with E-state index < -0.39 is 0 Å². The zero-order valence-corrected chi connectivity index (χ0v) is 12.4. The molecule has 0 bridgehead atoms. The van der Waals surface area contributed by atoms with Crippen LogP contribution in [0.25, 0.3) is 16.8 Å². The summed E-state index contributed by atoms with van der Waals surface area (Å²) in [6, 6.07) is 7.66. The molecule has 3 heterocycles. The van der Waals surface area contributed by atoms with E-state index in [0.29, 0.717) is 35.5 Å². The van der Waals surface area contributed by atoms with Gasteiger partial charge in [0.25, 0.3) is 5.65 Å². The minimum absolute atomic E-state index is 0.127. The van der Waals surface area contributed by atoms with Crippen molar-refractivity contribution in [2.75, 3.05) is 0 Å². The molecular weight excluding hydrogens is 280 g/mol. The van der Waals surface area contributed by atoms with Crippen LogP contribution in [0.1, 0.15) is 17.9 Å². The summed E-state index contributed by atoms with van der Waals surface area (Å²) in [6.45, 7) is 4.11. The maximum Gasteiger partial charge on any atom is 0.350 e. The Bertz CT molecular complexity index is 927. The molecule has 0 atom stereocenters. The lowest BCUT2D eigenvalue weighted by atomic mass is 10.1. The summed E-state index contributed by atoms with van der Waals surface area (Å²) in [5.41, 5.74) is 2.54. The molecule has 0 fully saturated rings. The number of fused-ring (bicyclic) bond motifs is 1. The number of hydrogen-bond donors (Lipinski definition) is 0. The normalized spacial score (nSPS) is 10.8. The fourth-order valence-corrected chi connectivity index (χ4v) is 2.64. The number of nitriles is 1. The van der Waals surface area contributed by atoms with Gasteiger partial charge in [-0.1, -0.05) is 11.2 Å². The van der Waals surface area contributed by atoms with Gasteiger partial charge in [0.1, 0.15) is 24.1 Å². The van der Waals surface area contributed by atoms with Crippen molar-refractivity contribution >= 4 is 5.65 Å². The Morgan fingerprint density at radius 2 is 2.23 bits per heavy atom. The molecule has 3 aromatic rings. The fourth-order valence-electron chi connectivity index (χ4n) is 2.64. The first-order valence-corrected chi connectivity index (χ1v) is 6.97. The summed E-state index contributed by atoms with van der Waals surface area (Å²) in [5, 5.41) is 12.8. The number of nitrogens with zero attached hydrogens (tertiary/aromatic N) is 4. The summed E-state index contributed by atoms with van der Waals surface area (Å²) < 4.78 is 8.67. The van der Waals surface area contributed by atoms with Crippen molar-refractivity contribution in [3.63, 3.8) is 0 Å². The van der Waals surface area contributed by atoms with Crippen LogP contribution in [-0.4, -0.2) is 9.56 Å². The highest BCUT2D eigenvalue weighted by Gasteiger charge is 2.22. The molecule has 6 heteroatoms. The predicted molar refractivity (Wildman–Crippen MR) is 79.1 cm³/mol. The van der Waals surface area contributed by atoms with E-state index in [2.05, 4.69) is 11.2 Å². The Hall–Kier alpha value is -2.94. The molecule has 0 aliphatic rings. The van der Waals surface area contributed by atoms with Crippen LogP contribution >= 0.6 is 0 Å². The summed E-state index contributed by atoms with van der Waals surface area (Å²) in [6.07, 6.45) is 3.87. The molecule has 0 radical (unpaired) electrons. The molecule has 6 nitrogen and oxygen atoms in total. The maximum absolute atomic E-state index is 12.8. The minimum Gasteiger partial charge on any atom is -0.361 e. The van der Waals surface area contributed by atoms with Crippen LogP contribution in [-0.2, 0) is 6.54 Å². The van der Waals surface area contributed by atoms with Crippen LogP contribution in [0.5, 0.6) is 0 Å². The molecule has 22 heavy (non-hydrogen) atoms. The second kappa shape index (κ2) is 5.45. The van der Waals surface area contributed by atoms with Gasteiger partial charge in [-0.2, -0.15) is 9.66 Å². The second-order valence-corrected chi connectivity index (χ2v) is 5.08. The summed E-state index contributed by atoms with van der Waals surface area (Å²) in [7, 11) is 0. The fraction of sp³-hybridized carbons (Fsp3) is 0.250. The van der Waals surface area contributed by atoms with Crippen molar-refractivity contribution in [3.05, 3.63) is 52.4 Å². The van der Waals surface area contributed by atoms with Crippen molar-refractivity contribution in [2.24, 2.45) is 0 Å². The molecule has 110 valence electrons. The second-order valence-electron chi connectivity index (χ2n) is 5.08. The number of aryl methyl sites for hydroxylation is 3. The smallest absolute Gasteiger partial charge is 0.350 e. The van der Waals surface area contributed by atoms with Gasteiger partial charge in [-0.15, -0.1) is 0 Å². The van der Waals surface area contributed by atoms with Crippen molar-refractivity contribution in [3.8, 4) is 17.2 Å². The van der Waals surface area contributed by atoms with Crippen LogP contribution in [0, 0.1) is 25.2 Å². The Morgan fingerprint density at radius 1 is 1.41 bits per heavy atom. The lowest BCUT2D eigenvalue weighted by Crippen LogP contribution is -2.40. The van der Waals surface area contributed by atoms with Gasteiger partial charge >= 0.3 is 5.56 Å². The monoisotopic (exact) mass is 295 g/mol. The molecule has 0 saturated carbocycles. The average Bonchev–Trinajstić information content (AvgIpc) is 2.86. The Labute approximate surface area is 126 Å². The SMILES string of the molecule is Cc1noc(C)c1-c1c[n+](CCC#N)c2ccccn2c1=O. The molecular formula is C16H15N4O2+. The lowest BCUT2D eigenvalue weighted by molar-refractivity contribution is -0.673. The Kier molecular flexibility index (Phi) is 3.47. The van der Waals surface area contributed by atoms with Crippen molar-refractivity contribution in [2.45, 2.75) is 26.8 Å². The molecule has 0 unspecified atom stereocenters. The number of rotatable bonds is 3. The quantitative estimate of drug-likeness (QED) is 0.690. The Balaban J connectivity index is 2.35. The highest BCUT2D eigenvalue weighted by Crippen LogP contribution is 2.23. The first-order valence-electron chi connectivity index (χ1n) is 6.97. The van der Waals surface area contributed by atoms with E-state index in [4.69, 9.17) is 9.78 Å². The van der Waals surface area contributed by atoms with Crippen molar-refractivity contribution in [1.82, 2.24) is 9.56 Å².